The molecule has 0 aliphatic rings. The molecule has 2 rings (SSSR count). The Labute approximate surface area is 146 Å². The van der Waals surface area contributed by atoms with Crippen LogP contribution in [0.3, 0.4) is 0 Å². The van der Waals surface area contributed by atoms with Gasteiger partial charge >= 0.3 is 0 Å². The molecule has 3 heteroatoms. The van der Waals surface area contributed by atoms with Crippen LogP contribution in [0.2, 0.25) is 0 Å². The molecular formula is C20H20BrNO. The lowest BCUT2D eigenvalue weighted by Gasteiger charge is -2.12. The van der Waals surface area contributed by atoms with E-state index in [1.54, 1.807) is 6.08 Å². The molecule has 0 amide bonds. The van der Waals surface area contributed by atoms with Gasteiger partial charge in [0.25, 0.3) is 0 Å². The van der Waals surface area contributed by atoms with Crippen LogP contribution in [0.1, 0.15) is 22.8 Å². The van der Waals surface area contributed by atoms with Crippen molar-refractivity contribution in [3.05, 3.63) is 82.4 Å². The number of hydrogen-bond donors (Lipinski definition) is 0. The Balaban J connectivity index is 2.21. The van der Waals surface area contributed by atoms with Crippen LogP contribution in [0.15, 0.2) is 71.2 Å². The van der Waals surface area contributed by atoms with E-state index in [0.717, 1.165) is 21.3 Å². The second kappa shape index (κ2) is 7.93. The zero-order chi connectivity index (χ0) is 16.8. The van der Waals surface area contributed by atoms with E-state index in [0.29, 0.717) is 5.56 Å². The lowest BCUT2D eigenvalue weighted by atomic mass is 10.0. The average Bonchev–Trinajstić information content (AvgIpc) is 2.55. The molecule has 2 aromatic rings. The van der Waals surface area contributed by atoms with Crippen molar-refractivity contribution in [2.75, 3.05) is 19.0 Å². The lowest BCUT2D eigenvalue weighted by Crippen LogP contribution is -2.08. The third-order valence-electron chi connectivity index (χ3n) is 3.53. The first kappa shape index (κ1) is 17.2. The highest BCUT2D eigenvalue weighted by molar-refractivity contribution is 9.11. The maximum Gasteiger partial charge on any atom is 0.185 e. The fourth-order valence-electron chi connectivity index (χ4n) is 2.21. The number of carbonyl (C=O) groups excluding carboxylic acids is 1. The molecule has 0 radical (unpaired) electrons. The highest BCUT2D eigenvalue weighted by atomic mass is 79.9. The molecule has 0 bridgehead atoms. The maximum atomic E-state index is 12.3. The summed E-state index contributed by atoms with van der Waals surface area (Å²) >= 11 is 3.52. The summed E-state index contributed by atoms with van der Waals surface area (Å²) in [7, 11) is 3.96. The van der Waals surface area contributed by atoms with E-state index < -0.39 is 0 Å². The van der Waals surface area contributed by atoms with Gasteiger partial charge in [-0.3, -0.25) is 4.79 Å². The third-order valence-corrected chi connectivity index (χ3v) is 3.95. The Hall–Kier alpha value is -2.13. The first-order valence-corrected chi connectivity index (χ1v) is 8.20. The number of allylic oxidation sites excluding steroid dienone is 4. The summed E-state index contributed by atoms with van der Waals surface area (Å²) in [5.41, 5.74) is 3.84. The summed E-state index contributed by atoms with van der Waals surface area (Å²) in [4.78, 5) is 14.4. The summed E-state index contributed by atoms with van der Waals surface area (Å²) in [6.07, 6.45) is 3.49. The zero-order valence-electron chi connectivity index (χ0n) is 13.6. The molecule has 0 heterocycles. The Morgan fingerprint density at radius 2 is 1.52 bits per heavy atom. The number of ketones is 1. The Morgan fingerprint density at radius 3 is 2.04 bits per heavy atom. The smallest absolute Gasteiger partial charge is 0.185 e. The number of nitrogens with zero attached hydrogens (tertiary/aromatic N) is 1. The first-order chi connectivity index (χ1) is 11.0. The van der Waals surface area contributed by atoms with E-state index in [4.69, 9.17) is 0 Å². The normalized spacial score (nSPS) is 12.2. The van der Waals surface area contributed by atoms with Crippen molar-refractivity contribution in [3.63, 3.8) is 0 Å². The minimum absolute atomic E-state index is 0.00233. The highest BCUT2D eigenvalue weighted by Crippen LogP contribution is 2.24. The molecule has 2 aromatic carbocycles. The monoisotopic (exact) mass is 369 g/mol. The fraction of sp³-hybridized carbons (Fsp3) is 0.150. The van der Waals surface area contributed by atoms with Crippen molar-refractivity contribution in [1.82, 2.24) is 0 Å². The van der Waals surface area contributed by atoms with Crippen molar-refractivity contribution >= 4 is 33.0 Å². The van der Waals surface area contributed by atoms with Gasteiger partial charge in [-0.1, -0.05) is 46.3 Å². The van der Waals surface area contributed by atoms with Gasteiger partial charge in [0.15, 0.2) is 5.78 Å². The molecule has 2 nitrogen and oxygen atoms in total. The van der Waals surface area contributed by atoms with E-state index in [9.17, 15) is 4.79 Å². The van der Waals surface area contributed by atoms with Crippen LogP contribution in [0.5, 0.6) is 0 Å². The SMILES string of the molecule is C/C(Br)=C(\C=C\C(=O)c1ccc(N(C)C)cc1)c1ccccc1. The van der Waals surface area contributed by atoms with Crippen molar-refractivity contribution < 1.29 is 4.79 Å². The summed E-state index contributed by atoms with van der Waals surface area (Å²) in [6.45, 7) is 1.98. The maximum absolute atomic E-state index is 12.3. The lowest BCUT2D eigenvalue weighted by molar-refractivity contribution is 0.104. The van der Waals surface area contributed by atoms with Gasteiger partial charge in [0.1, 0.15) is 0 Å². The number of carbonyl (C=O) groups is 1. The molecule has 0 fully saturated rings. The molecule has 118 valence electrons. The molecular weight excluding hydrogens is 350 g/mol. The summed E-state index contributed by atoms with van der Waals surface area (Å²) < 4.78 is 0.996. The summed E-state index contributed by atoms with van der Waals surface area (Å²) in [5.74, 6) is -0.00233. The van der Waals surface area contributed by atoms with Gasteiger partial charge in [0.05, 0.1) is 0 Å². The van der Waals surface area contributed by atoms with E-state index in [1.165, 1.54) is 0 Å². The van der Waals surface area contributed by atoms with Gasteiger partial charge in [0.2, 0.25) is 0 Å². The van der Waals surface area contributed by atoms with Gasteiger partial charge in [-0.2, -0.15) is 0 Å². The molecule has 0 aromatic heterocycles. The van der Waals surface area contributed by atoms with Crippen LogP contribution in [-0.4, -0.2) is 19.9 Å². The molecule has 0 atom stereocenters. The third kappa shape index (κ3) is 4.67. The predicted octanol–water partition coefficient (Wildman–Crippen LogP) is 5.32. The van der Waals surface area contributed by atoms with Crippen molar-refractivity contribution in [2.45, 2.75) is 6.92 Å². The topological polar surface area (TPSA) is 20.3 Å². The first-order valence-electron chi connectivity index (χ1n) is 7.40. The minimum atomic E-state index is -0.00233. The van der Waals surface area contributed by atoms with Gasteiger partial charge < -0.3 is 4.90 Å². The summed E-state index contributed by atoms with van der Waals surface area (Å²) in [5, 5.41) is 0. The van der Waals surface area contributed by atoms with E-state index in [1.807, 2.05) is 86.6 Å². The van der Waals surface area contributed by atoms with Crippen molar-refractivity contribution in [2.24, 2.45) is 0 Å². The number of halogens is 1. The molecule has 23 heavy (non-hydrogen) atoms. The van der Waals surface area contributed by atoms with Crippen molar-refractivity contribution in [1.29, 1.82) is 0 Å². The largest absolute Gasteiger partial charge is 0.378 e. The van der Waals surface area contributed by atoms with Gasteiger partial charge in [0, 0.05) is 25.3 Å². The van der Waals surface area contributed by atoms with Gasteiger partial charge in [-0.25, -0.2) is 0 Å². The Morgan fingerprint density at radius 1 is 0.913 bits per heavy atom. The number of rotatable bonds is 5. The standard InChI is InChI=1S/C20H20BrNO/c1-15(21)19(16-7-5-4-6-8-16)13-14-20(23)17-9-11-18(12-10-17)22(2)3/h4-14H,1-3H3/b14-13+,19-15-. The minimum Gasteiger partial charge on any atom is -0.378 e. The number of hydrogen-bond acceptors (Lipinski definition) is 2. The van der Waals surface area contributed by atoms with Crippen LogP contribution in [-0.2, 0) is 0 Å². The van der Waals surface area contributed by atoms with Crippen LogP contribution in [0.25, 0.3) is 5.57 Å². The van der Waals surface area contributed by atoms with Crippen LogP contribution >= 0.6 is 15.9 Å². The number of benzene rings is 2. The molecule has 0 aliphatic heterocycles. The van der Waals surface area contributed by atoms with Crippen LogP contribution < -0.4 is 4.90 Å². The second-order valence-electron chi connectivity index (χ2n) is 5.45. The zero-order valence-corrected chi connectivity index (χ0v) is 15.2. The van der Waals surface area contributed by atoms with Crippen LogP contribution in [0, 0.1) is 0 Å². The molecule has 0 unspecified atom stereocenters. The molecule has 0 N–H and O–H groups in total. The Bertz CT molecular complexity index is 724. The van der Waals surface area contributed by atoms with E-state index >= 15 is 0 Å². The van der Waals surface area contributed by atoms with E-state index in [2.05, 4.69) is 15.9 Å². The fourth-order valence-corrected chi connectivity index (χ4v) is 2.57. The molecule has 0 saturated carbocycles. The second-order valence-corrected chi connectivity index (χ2v) is 6.64. The van der Waals surface area contributed by atoms with Gasteiger partial charge in [-0.15, -0.1) is 0 Å². The summed E-state index contributed by atoms with van der Waals surface area (Å²) in [6, 6.07) is 17.6. The average molecular weight is 370 g/mol. The predicted molar refractivity (Wildman–Crippen MR) is 102 cm³/mol. The quantitative estimate of drug-likeness (QED) is 0.403. The molecule has 0 aliphatic carbocycles. The van der Waals surface area contributed by atoms with Crippen LogP contribution in [0.4, 0.5) is 5.69 Å². The van der Waals surface area contributed by atoms with Gasteiger partial charge in [-0.05, 0) is 59.0 Å². The van der Waals surface area contributed by atoms with Crippen molar-refractivity contribution in [3.8, 4) is 0 Å². The number of anilines is 1. The molecule has 0 saturated heterocycles. The van der Waals surface area contributed by atoms with E-state index in [-0.39, 0.29) is 5.78 Å². The highest BCUT2D eigenvalue weighted by Gasteiger charge is 2.05. The molecule has 0 spiro atoms. The Kier molecular flexibility index (Phi) is 5.94.